The van der Waals surface area contributed by atoms with Gasteiger partial charge in [0.2, 0.25) is 0 Å². The van der Waals surface area contributed by atoms with Crippen LogP contribution in [0.15, 0.2) is 30.3 Å². The third-order valence-electron chi connectivity index (χ3n) is 4.80. The van der Waals surface area contributed by atoms with E-state index in [9.17, 15) is 9.90 Å². The SMILES string of the molecule is CC1[C@H]2CCCN2C[C@@H](C(=O)O)N1Cc1ccccc1. The summed E-state index contributed by atoms with van der Waals surface area (Å²) in [6.45, 7) is 4.62. The summed E-state index contributed by atoms with van der Waals surface area (Å²) in [6, 6.07) is 10.6. The highest BCUT2D eigenvalue weighted by molar-refractivity contribution is 5.74. The van der Waals surface area contributed by atoms with Crippen molar-refractivity contribution >= 4 is 5.97 Å². The van der Waals surface area contributed by atoms with E-state index < -0.39 is 5.97 Å². The Labute approximate surface area is 120 Å². The Morgan fingerprint density at radius 2 is 2.10 bits per heavy atom. The summed E-state index contributed by atoms with van der Waals surface area (Å²) in [4.78, 5) is 16.2. The maximum Gasteiger partial charge on any atom is 0.322 e. The van der Waals surface area contributed by atoms with Crippen LogP contribution in [0.4, 0.5) is 0 Å². The van der Waals surface area contributed by atoms with Crippen molar-refractivity contribution in [1.29, 1.82) is 0 Å². The molecule has 2 heterocycles. The predicted octanol–water partition coefficient (Wildman–Crippen LogP) is 1.81. The van der Waals surface area contributed by atoms with Crippen molar-refractivity contribution in [3.63, 3.8) is 0 Å². The van der Waals surface area contributed by atoms with E-state index in [0.29, 0.717) is 18.6 Å². The standard InChI is InChI=1S/C16H22N2O2/c1-12-14-8-5-9-17(14)11-15(16(19)20)18(12)10-13-6-3-2-4-7-13/h2-4,6-7,12,14-15H,5,8-11H2,1H3,(H,19,20)/t12?,14-,15+/m1/s1. The smallest absolute Gasteiger partial charge is 0.322 e. The van der Waals surface area contributed by atoms with Gasteiger partial charge in [-0.1, -0.05) is 30.3 Å². The molecule has 1 aromatic rings. The summed E-state index contributed by atoms with van der Waals surface area (Å²) in [5, 5.41) is 9.56. The van der Waals surface area contributed by atoms with Crippen molar-refractivity contribution in [3.05, 3.63) is 35.9 Å². The number of hydrogen-bond donors (Lipinski definition) is 1. The van der Waals surface area contributed by atoms with E-state index in [4.69, 9.17) is 0 Å². The van der Waals surface area contributed by atoms with Gasteiger partial charge in [-0.15, -0.1) is 0 Å². The lowest BCUT2D eigenvalue weighted by Crippen LogP contribution is -2.62. The predicted molar refractivity (Wildman–Crippen MR) is 77.5 cm³/mol. The zero-order valence-corrected chi connectivity index (χ0v) is 11.9. The van der Waals surface area contributed by atoms with Crippen LogP contribution in [0.5, 0.6) is 0 Å². The number of benzene rings is 1. The van der Waals surface area contributed by atoms with Gasteiger partial charge in [-0.2, -0.15) is 0 Å². The first kappa shape index (κ1) is 13.6. The quantitative estimate of drug-likeness (QED) is 0.913. The molecule has 3 rings (SSSR count). The van der Waals surface area contributed by atoms with Gasteiger partial charge in [-0.25, -0.2) is 0 Å². The van der Waals surface area contributed by atoms with E-state index in [0.717, 1.165) is 13.1 Å². The summed E-state index contributed by atoms with van der Waals surface area (Å²) in [7, 11) is 0. The second-order valence-corrected chi connectivity index (χ2v) is 5.96. The molecule has 2 fully saturated rings. The number of aliphatic carboxylic acids is 1. The Kier molecular flexibility index (Phi) is 3.76. The molecular weight excluding hydrogens is 252 g/mol. The van der Waals surface area contributed by atoms with Crippen LogP contribution in [-0.2, 0) is 11.3 Å². The van der Waals surface area contributed by atoms with Gasteiger partial charge in [0.1, 0.15) is 6.04 Å². The first-order valence-corrected chi connectivity index (χ1v) is 7.43. The lowest BCUT2D eigenvalue weighted by Gasteiger charge is -2.46. The monoisotopic (exact) mass is 274 g/mol. The van der Waals surface area contributed by atoms with Crippen LogP contribution in [0.3, 0.4) is 0 Å². The molecule has 2 saturated heterocycles. The minimum atomic E-state index is -0.696. The van der Waals surface area contributed by atoms with Gasteiger partial charge in [0.05, 0.1) is 0 Å². The Morgan fingerprint density at radius 3 is 2.80 bits per heavy atom. The lowest BCUT2D eigenvalue weighted by atomic mass is 9.98. The summed E-state index contributed by atoms with van der Waals surface area (Å²) in [5.74, 6) is -0.696. The van der Waals surface area contributed by atoms with Crippen molar-refractivity contribution in [1.82, 2.24) is 9.80 Å². The summed E-state index contributed by atoms with van der Waals surface area (Å²) < 4.78 is 0. The lowest BCUT2D eigenvalue weighted by molar-refractivity contribution is -0.149. The van der Waals surface area contributed by atoms with Crippen molar-refractivity contribution in [3.8, 4) is 0 Å². The second-order valence-electron chi connectivity index (χ2n) is 5.96. The fourth-order valence-electron chi connectivity index (χ4n) is 3.73. The third-order valence-corrected chi connectivity index (χ3v) is 4.80. The highest BCUT2D eigenvalue weighted by Gasteiger charge is 2.43. The number of rotatable bonds is 3. The van der Waals surface area contributed by atoms with Gasteiger partial charge in [-0.05, 0) is 31.9 Å². The Balaban J connectivity index is 1.83. The molecule has 0 radical (unpaired) electrons. The van der Waals surface area contributed by atoms with Crippen LogP contribution in [0.25, 0.3) is 0 Å². The average molecular weight is 274 g/mol. The molecule has 2 aliphatic rings. The minimum absolute atomic E-state index is 0.299. The van der Waals surface area contributed by atoms with E-state index in [1.807, 2.05) is 18.2 Å². The molecular formula is C16H22N2O2. The van der Waals surface area contributed by atoms with Gasteiger partial charge >= 0.3 is 5.97 Å². The molecule has 1 aromatic carbocycles. The molecule has 4 heteroatoms. The van der Waals surface area contributed by atoms with Gasteiger partial charge in [0.15, 0.2) is 0 Å². The zero-order chi connectivity index (χ0) is 14.1. The molecule has 0 bridgehead atoms. The number of carbonyl (C=O) groups is 1. The molecule has 0 aromatic heterocycles. The summed E-state index contributed by atoms with van der Waals surface area (Å²) >= 11 is 0. The number of fused-ring (bicyclic) bond motifs is 1. The third kappa shape index (κ3) is 2.45. The van der Waals surface area contributed by atoms with E-state index in [1.165, 1.54) is 18.4 Å². The molecule has 0 saturated carbocycles. The second kappa shape index (κ2) is 5.54. The summed E-state index contributed by atoms with van der Waals surface area (Å²) in [5.41, 5.74) is 1.19. The molecule has 3 atom stereocenters. The Morgan fingerprint density at radius 1 is 1.35 bits per heavy atom. The Bertz CT molecular complexity index is 477. The molecule has 0 spiro atoms. The Hall–Kier alpha value is -1.39. The van der Waals surface area contributed by atoms with Crippen LogP contribution in [0.2, 0.25) is 0 Å². The maximum absolute atomic E-state index is 11.6. The summed E-state index contributed by atoms with van der Waals surface area (Å²) in [6.07, 6.45) is 2.39. The number of carboxylic acid groups (broad SMARTS) is 1. The first-order valence-electron chi connectivity index (χ1n) is 7.43. The van der Waals surface area contributed by atoms with E-state index in [2.05, 4.69) is 28.9 Å². The first-order chi connectivity index (χ1) is 9.66. The van der Waals surface area contributed by atoms with Crippen molar-refractivity contribution in [2.24, 2.45) is 0 Å². The molecule has 0 amide bonds. The number of hydrogen-bond acceptors (Lipinski definition) is 3. The normalized spacial score (nSPS) is 31.1. The fraction of sp³-hybridized carbons (Fsp3) is 0.562. The number of carboxylic acids is 1. The van der Waals surface area contributed by atoms with Gasteiger partial charge < -0.3 is 5.11 Å². The van der Waals surface area contributed by atoms with Crippen LogP contribution in [0, 0.1) is 0 Å². The average Bonchev–Trinajstić information content (AvgIpc) is 2.91. The highest BCUT2D eigenvalue weighted by atomic mass is 16.4. The van der Waals surface area contributed by atoms with Gasteiger partial charge in [0, 0.05) is 25.2 Å². The van der Waals surface area contributed by atoms with E-state index in [1.54, 1.807) is 0 Å². The number of piperazine rings is 1. The fourth-order valence-corrected chi connectivity index (χ4v) is 3.73. The minimum Gasteiger partial charge on any atom is -0.480 e. The molecule has 1 N–H and O–H groups in total. The van der Waals surface area contributed by atoms with E-state index in [-0.39, 0.29) is 6.04 Å². The topological polar surface area (TPSA) is 43.8 Å². The molecule has 1 unspecified atom stereocenters. The molecule has 4 nitrogen and oxygen atoms in total. The molecule has 108 valence electrons. The van der Waals surface area contributed by atoms with Crippen molar-refractivity contribution in [2.45, 2.75) is 44.4 Å². The number of nitrogens with zero attached hydrogens (tertiary/aromatic N) is 2. The van der Waals surface area contributed by atoms with E-state index >= 15 is 0 Å². The van der Waals surface area contributed by atoms with Crippen molar-refractivity contribution < 1.29 is 9.90 Å². The maximum atomic E-state index is 11.6. The zero-order valence-electron chi connectivity index (χ0n) is 11.9. The van der Waals surface area contributed by atoms with Crippen molar-refractivity contribution in [2.75, 3.05) is 13.1 Å². The van der Waals surface area contributed by atoms with Crippen LogP contribution >= 0.6 is 0 Å². The largest absolute Gasteiger partial charge is 0.480 e. The van der Waals surface area contributed by atoms with Gasteiger partial charge in [-0.3, -0.25) is 14.6 Å². The molecule has 0 aliphatic carbocycles. The van der Waals surface area contributed by atoms with Crippen LogP contribution < -0.4 is 0 Å². The highest BCUT2D eigenvalue weighted by Crippen LogP contribution is 2.30. The van der Waals surface area contributed by atoms with Gasteiger partial charge in [0.25, 0.3) is 0 Å². The van der Waals surface area contributed by atoms with Crippen LogP contribution in [0.1, 0.15) is 25.3 Å². The van der Waals surface area contributed by atoms with Crippen LogP contribution in [-0.4, -0.2) is 52.1 Å². The molecule has 20 heavy (non-hydrogen) atoms. The molecule has 2 aliphatic heterocycles.